The average Bonchev–Trinajstić information content (AvgIpc) is 3.29. The molecule has 3 aromatic rings. The zero-order chi connectivity index (χ0) is 20.6. The Kier molecular flexibility index (Phi) is 5.26. The van der Waals surface area contributed by atoms with Crippen molar-refractivity contribution in [1.29, 1.82) is 0 Å². The molecule has 29 heavy (non-hydrogen) atoms. The smallest absolute Gasteiger partial charge is 0.262 e. The van der Waals surface area contributed by atoms with Crippen molar-refractivity contribution in [2.45, 2.75) is 38.1 Å². The highest BCUT2D eigenvalue weighted by Gasteiger charge is 2.33. The third-order valence-corrected chi connectivity index (χ3v) is 7.23. The van der Waals surface area contributed by atoms with E-state index in [0.29, 0.717) is 37.0 Å². The molecule has 0 N–H and O–H groups in total. The van der Waals surface area contributed by atoms with Crippen LogP contribution in [0.5, 0.6) is 0 Å². The first-order valence-electron chi connectivity index (χ1n) is 9.73. The second kappa shape index (κ2) is 7.72. The van der Waals surface area contributed by atoms with Crippen LogP contribution in [-0.4, -0.2) is 45.5 Å². The third kappa shape index (κ3) is 3.97. The van der Waals surface area contributed by atoms with Crippen molar-refractivity contribution in [3.63, 3.8) is 0 Å². The molecule has 0 spiro atoms. The highest BCUT2D eigenvalue weighted by atomic mass is 32.2. The lowest BCUT2D eigenvalue weighted by molar-refractivity contribution is 0.246. The first-order valence-corrected chi connectivity index (χ1v) is 11.2. The third-order valence-electron chi connectivity index (χ3n) is 5.49. The molecule has 154 valence electrons. The molecule has 1 unspecified atom stereocenters. The van der Waals surface area contributed by atoms with Crippen molar-refractivity contribution < 1.29 is 12.9 Å². The van der Waals surface area contributed by atoms with Crippen LogP contribution in [0.15, 0.2) is 40.0 Å². The van der Waals surface area contributed by atoms with Crippen molar-refractivity contribution in [3.05, 3.63) is 47.7 Å². The number of piperidine rings is 1. The lowest BCUT2D eigenvalue weighted by Gasteiger charge is -2.30. The van der Waals surface area contributed by atoms with Gasteiger partial charge in [0.1, 0.15) is 5.82 Å². The predicted molar refractivity (Wildman–Crippen MR) is 108 cm³/mol. The van der Waals surface area contributed by atoms with Gasteiger partial charge in [-0.3, -0.25) is 0 Å². The first kappa shape index (κ1) is 19.8. The second-order valence-corrected chi connectivity index (χ2v) is 9.52. The van der Waals surface area contributed by atoms with Gasteiger partial charge in [0, 0.05) is 38.3 Å². The molecule has 3 heterocycles. The molecule has 8 nitrogen and oxygen atoms in total. The second-order valence-electron chi connectivity index (χ2n) is 7.64. The first-order chi connectivity index (χ1) is 13.8. The van der Waals surface area contributed by atoms with Gasteiger partial charge >= 0.3 is 0 Å². The van der Waals surface area contributed by atoms with E-state index in [1.807, 2.05) is 31.2 Å². The van der Waals surface area contributed by atoms with Crippen LogP contribution in [0.4, 0.5) is 0 Å². The Morgan fingerprint density at radius 1 is 1.21 bits per heavy atom. The molecular formula is C20H25N5O3S. The number of hydrogen-bond acceptors (Lipinski definition) is 6. The summed E-state index contributed by atoms with van der Waals surface area (Å²) in [6.07, 6.45) is 3.86. The minimum atomic E-state index is -3.60. The summed E-state index contributed by atoms with van der Waals surface area (Å²) in [4.78, 5) is 8.74. The van der Waals surface area contributed by atoms with Gasteiger partial charge < -0.3 is 9.09 Å². The van der Waals surface area contributed by atoms with Gasteiger partial charge in [0.05, 0.1) is 0 Å². The van der Waals surface area contributed by atoms with E-state index in [0.717, 1.165) is 24.0 Å². The summed E-state index contributed by atoms with van der Waals surface area (Å²) in [5.41, 5.74) is 2.03. The largest absolute Gasteiger partial charge is 0.339 e. The van der Waals surface area contributed by atoms with Crippen molar-refractivity contribution >= 4 is 10.0 Å². The SMILES string of the molecule is Cc1ccccc1-c1noc(CC2CCCN(S(=O)(=O)c3cn(C)c(C)n3)C2)n1. The topological polar surface area (TPSA) is 94.1 Å². The quantitative estimate of drug-likeness (QED) is 0.636. The molecular weight excluding hydrogens is 390 g/mol. The van der Waals surface area contributed by atoms with Gasteiger partial charge in [-0.2, -0.15) is 9.29 Å². The number of sulfonamides is 1. The van der Waals surface area contributed by atoms with E-state index in [4.69, 9.17) is 4.52 Å². The molecule has 1 atom stereocenters. The van der Waals surface area contributed by atoms with Crippen molar-refractivity contribution in [2.24, 2.45) is 13.0 Å². The summed E-state index contributed by atoms with van der Waals surface area (Å²) < 4.78 is 34.7. The van der Waals surface area contributed by atoms with Gasteiger partial charge in [-0.1, -0.05) is 29.4 Å². The summed E-state index contributed by atoms with van der Waals surface area (Å²) >= 11 is 0. The average molecular weight is 416 g/mol. The molecule has 0 bridgehead atoms. The molecule has 1 aromatic carbocycles. The molecule has 1 fully saturated rings. The summed E-state index contributed by atoms with van der Waals surface area (Å²) in [6, 6.07) is 7.89. The van der Waals surface area contributed by atoms with Crippen LogP contribution in [0.2, 0.25) is 0 Å². The zero-order valence-corrected chi connectivity index (χ0v) is 17.7. The Morgan fingerprint density at radius 2 is 2.00 bits per heavy atom. The molecule has 0 amide bonds. The predicted octanol–water partition coefficient (Wildman–Crippen LogP) is 2.73. The van der Waals surface area contributed by atoms with Crippen LogP contribution in [0.1, 0.15) is 30.1 Å². The maximum Gasteiger partial charge on any atom is 0.262 e. The number of aromatic nitrogens is 4. The van der Waals surface area contributed by atoms with E-state index >= 15 is 0 Å². The Balaban J connectivity index is 1.48. The Bertz CT molecular complexity index is 1100. The van der Waals surface area contributed by atoms with Crippen LogP contribution in [0.3, 0.4) is 0 Å². The fourth-order valence-corrected chi connectivity index (χ4v) is 5.29. The van der Waals surface area contributed by atoms with E-state index in [1.54, 1.807) is 24.7 Å². The standard InChI is InChI=1S/C20H25N5O3S/c1-14-7-4-5-9-17(14)20-22-18(28-23-20)11-16-8-6-10-25(12-16)29(26,27)19-13-24(3)15(2)21-19/h4-5,7,9,13,16H,6,8,10-12H2,1-3H3. The Hall–Kier alpha value is -2.52. The van der Waals surface area contributed by atoms with Gasteiger partial charge in [0.25, 0.3) is 10.0 Å². The lowest BCUT2D eigenvalue weighted by atomic mass is 9.96. The highest BCUT2D eigenvalue weighted by Crippen LogP contribution is 2.26. The number of nitrogens with zero attached hydrogens (tertiary/aromatic N) is 5. The maximum atomic E-state index is 13.0. The lowest BCUT2D eigenvalue weighted by Crippen LogP contribution is -2.40. The minimum absolute atomic E-state index is 0.109. The molecule has 1 aliphatic heterocycles. The maximum absolute atomic E-state index is 13.0. The molecule has 0 saturated carbocycles. The van der Waals surface area contributed by atoms with Crippen LogP contribution >= 0.6 is 0 Å². The van der Waals surface area contributed by atoms with E-state index < -0.39 is 10.0 Å². The van der Waals surface area contributed by atoms with Crippen LogP contribution in [0.25, 0.3) is 11.4 Å². The van der Waals surface area contributed by atoms with Gasteiger partial charge in [-0.25, -0.2) is 13.4 Å². The molecule has 2 aromatic heterocycles. The Labute approximate surface area is 170 Å². The van der Waals surface area contributed by atoms with Gasteiger partial charge in [-0.15, -0.1) is 0 Å². The highest BCUT2D eigenvalue weighted by molar-refractivity contribution is 7.89. The number of aryl methyl sites for hydroxylation is 3. The molecule has 0 radical (unpaired) electrons. The molecule has 9 heteroatoms. The number of hydrogen-bond donors (Lipinski definition) is 0. The fraction of sp³-hybridized carbons (Fsp3) is 0.450. The number of imidazole rings is 1. The van der Waals surface area contributed by atoms with Crippen molar-refractivity contribution in [1.82, 2.24) is 24.0 Å². The van der Waals surface area contributed by atoms with Gasteiger partial charge in [-0.05, 0) is 38.2 Å². The normalized spacial score (nSPS) is 18.2. The monoisotopic (exact) mass is 415 g/mol. The number of rotatable bonds is 5. The summed E-state index contributed by atoms with van der Waals surface area (Å²) in [7, 11) is -1.80. The number of benzene rings is 1. The van der Waals surface area contributed by atoms with E-state index in [1.165, 1.54) is 4.31 Å². The van der Waals surface area contributed by atoms with E-state index in [-0.39, 0.29) is 10.9 Å². The van der Waals surface area contributed by atoms with E-state index in [9.17, 15) is 8.42 Å². The Morgan fingerprint density at radius 3 is 2.72 bits per heavy atom. The molecule has 1 aliphatic rings. The molecule has 1 saturated heterocycles. The molecule has 4 rings (SSSR count). The van der Waals surface area contributed by atoms with Crippen molar-refractivity contribution in [2.75, 3.05) is 13.1 Å². The van der Waals surface area contributed by atoms with Gasteiger partial charge in [0.2, 0.25) is 11.7 Å². The summed E-state index contributed by atoms with van der Waals surface area (Å²) in [5, 5.41) is 4.22. The molecule has 0 aliphatic carbocycles. The van der Waals surface area contributed by atoms with E-state index in [2.05, 4.69) is 15.1 Å². The van der Waals surface area contributed by atoms with Gasteiger partial charge in [0.15, 0.2) is 5.03 Å². The minimum Gasteiger partial charge on any atom is -0.339 e. The summed E-state index contributed by atoms with van der Waals surface area (Å²) in [5.74, 6) is 1.92. The fourth-order valence-electron chi connectivity index (χ4n) is 3.71. The summed E-state index contributed by atoms with van der Waals surface area (Å²) in [6.45, 7) is 4.74. The zero-order valence-electron chi connectivity index (χ0n) is 16.9. The van der Waals surface area contributed by atoms with Crippen LogP contribution in [0, 0.1) is 19.8 Å². The van der Waals surface area contributed by atoms with Crippen LogP contribution in [-0.2, 0) is 23.5 Å². The van der Waals surface area contributed by atoms with Crippen molar-refractivity contribution in [3.8, 4) is 11.4 Å². The van der Waals surface area contributed by atoms with Crippen LogP contribution < -0.4 is 0 Å².